The molecular weight excluding hydrogens is 392 g/mol. The molecule has 0 radical (unpaired) electrons. The van der Waals surface area contributed by atoms with Gasteiger partial charge < -0.3 is 19.8 Å². The molecule has 3 aromatic carbocycles. The molecule has 1 atom stereocenters. The maximum Gasteiger partial charge on any atom is 0.341 e. The van der Waals surface area contributed by atoms with Crippen LogP contribution in [-0.2, 0) is 16.1 Å². The maximum atomic E-state index is 12.7. The van der Waals surface area contributed by atoms with Crippen LogP contribution in [-0.4, -0.2) is 18.0 Å². The third-order valence-electron chi connectivity index (χ3n) is 4.88. The molecular formula is C25H22N2O4. The van der Waals surface area contributed by atoms with Gasteiger partial charge in [0.05, 0.1) is 18.4 Å². The van der Waals surface area contributed by atoms with Crippen LogP contribution in [0, 0.1) is 0 Å². The van der Waals surface area contributed by atoms with Gasteiger partial charge in [0.2, 0.25) is 0 Å². The van der Waals surface area contributed by atoms with Crippen LogP contribution < -0.4 is 10.6 Å². The first-order valence-corrected chi connectivity index (χ1v) is 9.97. The third kappa shape index (κ3) is 4.75. The molecule has 1 heterocycles. The second-order valence-electron chi connectivity index (χ2n) is 7.04. The molecule has 6 heteroatoms. The summed E-state index contributed by atoms with van der Waals surface area (Å²) in [5.74, 6) is -0.236. The van der Waals surface area contributed by atoms with E-state index in [0.717, 1.165) is 16.5 Å². The van der Waals surface area contributed by atoms with Crippen molar-refractivity contribution >= 4 is 34.0 Å². The van der Waals surface area contributed by atoms with E-state index in [1.54, 1.807) is 37.5 Å². The Kier molecular flexibility index (Phi) is 5.98. The van der Waals surface area contributed by atoms with Gasteiger partial charge in [-0.25, -0.2) is 4.79 Å². The fourth-order valence-electron chi connectivity index (χ4n) is 3.26. The van der Waals surface area contributed by atoms with Crippen molar-refractivity contribution in [1.82, 2.24) is 0 Å². The number of ether oxygens (including phenoxy) is 1. The van der Waals surface area contributed by atoms with Gasteiger partial charge in [0.1, 0.15) is 5.76 Å². The summed E-state index contributed by atoms with van der Waals surface area (Å²) in [6.07, 6.45) is 0.623. The molecule has 0 aliphatic carbocycles. The van der Waals surface area contributed by atoms with Gasteiger partial charge in [0.15, 0.2) is 6.10 Å². The molecule has 0 fully saturated rings. The van der Waals surface area contributed by atoms with Crippen molar-refractivity contribution in [3.8, 4) is 0 Å². The first kappa shape index (κ1) is 20.2. The predicted octanol–water partition coefficient (Wildman–Crippen LogP) is 5.23. The summed E-state index contributed by atoms with van der Waals surface area (Å²) in [6.45, 7) is 1.98. The number of hydrogen-bond donors (Lipinski definition) is 2. The molecule has 1 amide bonds. The highest BCUT2D eigenvalue weighted by atomic mass is 16.5. The zero-order valence-corrected chi connectivity index (χ0v) is 17.0. The number of nitrogens with one attached hydrogen (secondary N) is 2. The van der Waals surface area contributed by atoms with Crippen LogP contribution in [0.1, 0.15) is 23.0 Å². The second kappa shape index (κ2) is 9.17. The highest BCUT2D eigenvalue weighted by Crippen LogP contribution is 2.23. The fraction of sp³-hybridized carbons (Fsp3) is 0.120. The Hall–Kier alpha value is -4.06. The van der Waals surface area contributed by atoms with Gasteiger partial charge >= 0.3 is 5.97 Å². The van der Waals surface area contributed by atoms with Crippen molar-refractivity contribution in [1.29, 1.82) is 0 Å². The summed E-state index contributed by atoms with van der Waals surface area (Å²) < 4.78 is 10.8. The minimum Gasteiger partial charge on any atom is -0.467 e. The monoisotopic (exact) mass is 414 g/mol. The summed E-state index contributed by atoms with van der Waals surface area (Å²) in [4.78, 5) is 25.4. The Morgan fingerprint density at radius 3 is 2.48 bits per heavy atom. The van der Waals surface area contributed by atoms with E-state index < -0.39 is 18.0 Å². The summed E-state index contributed by atoms with van der Waals surface area (Å²) in [5.41, 5.74) is 1.62. The summed E-state index contributed by atoms with van der Waals surface area (Å²) in [6, 6.07) is 24.1. The molecule has 0 saturated carbocycles. The highest BCUT2D eigenvalue weighted by molar-refractivity contribution is 6.04. The zero-order chi connectivity index (χ0) is 21.6. The molecule has 4 rings (SSSR count). The van der Waals surface area contributed by atoms with Gasteiger partial charge in [-0.05, 0) is 42.6 Å². The van der Waals surface area contributed by atoms with E-state index >= 15 is 0 Å². The quantitative estimate of drug-likeness (QED) is 0.405. The SMILES string of the molecule is C[C@@H](OC(=O)c1ccccc1NCc1ccco1)C(=O)Nc1cccc2ccccc12. The topological polar surface area (TPSA) is 80.6 Å². The minimum atomic E-state index is -0.968. The van der Waals surface area contributed by atoms with E-state index in [1.165, 1.54) is 0 Å². The first-order chi connectivity index (χ1) is 15.1. The molecule has 6 nitrogen and oxygen atoms in total. The zero-order valence-electron chi connectivity index (χ0n) is 17.0. The van der Waals surface area contributed by atoms with E-state index in [1.807, 2.05) is 54.6 Å². The molecule has 2 N–H and O–H groups in total. The van der Waals surface area contributed by atoms with Gasteiger partial charge in [-0.15, -0.1) is 0 Å². The Balaban J connectivity index is 1.43. The molecule has 0 saturated heterocycles. The van der Waals surface area contributed by atoms with E-state index in [4.69, 9.17) is 9.15 Å². The maximum absolute atomic E-state index is 12.7. The summed E-state index contributed by atoms with van der Waals surface area (Å²) in [5, 5.41) is 7.96. The number of hydrogen-bond acceptors (Lipinski definition) is 5. The van der Waals surface area contributed by atoms with Crippen LogP contribution in [0.5, 0.6) is 0 Å². The Labute approximate surface area is 179 Å². The number of carbonyl (C=O) groups is 2. The van der Waals surface area contributed by atoms with Crippen molar-refractivity contribution in [2.45, 2.75) is 19.6 Å². The van der Waals surface area contributed by atoms with Crippen molar-refractivity contribution < 1.29 is 18.7 Å². The molecule has 0 bridgehead atoms. The lowest BCUT2D eigenvalue weighted by molar-refractivity contribution is -0.123. The lowest BCUT2D eigenvalue weighted by atomic mass is 10.1. The van der Waals surface area contributed by atoms with Crippen LogP contribution in [0.3, 0.4) is 0 Å². The van der Waals surface area contributed by atoms with E-state index in [-0.39, 0.29) is 0 Å². The van der Waals surface area contributed by atoms with Gasteiger partial charge in [-0.3, -0.25) is 4.79 Å². The summed E-state index contributed by atoms with van der Waals surface area (Å²) in [7, 11) is 0. The molecule has 1 aromatic heterocycles. The number of amides is 1. The standard InChI is InChI=1S/C25H22N2O4/c1-17(24(28)27-23-14-6-9-18-8-2-3-11-20(18)23)31-25(29)21-12-4-5-13-22(21)26-16-19-10-7-15-30-19/h2-15,17,26H,16H2,1H3,(H,27,28)/t17-/m1/s1. The van der Waals surface area contributed by atoms with Gasteiger partial charge in [-0.2, -0.15) is 0 Å². The Morgan fingerprint density at radius 1 is 0.903 bits per heavy atom. The molecule has 31 heavy (non-hydrogen) atoms. The number of furan rings is 1. The lowest BCUT2D eigenvalue weighted by Gasteiger charge is -2.16. The van der Waals surface area contributed by atoms with E-state index in [0.29, 0.717) is 23.5 Å². The predicted molar refractivity (Wildman–Crippen MR) is 120 cm³/mol. The molecule has 156 valence electrons. The Bertz CT molecular complexity index is 1200. The average Bonchev–Trinajstić information content (AvgIpc) is 3.32. The second-order valence-corrected chi connectivity index (χ2v) is 7.04. The van der Waals surface area contributed by atoms with Crippen molar-refractivity contribution in [2.24, 2.45) is 0 Å². The van der Waals surface area contributed by atoms with Crippen LogP contribution in [0.2, 0.25) is 0 Å². The highest BCUT2D eigenvalue weighted by Gasteiger charge is 2.21. The smallest absolute Gasteiger partial charge is 0.341 e. The number of benzene rings is 3. The molecule has 0 spiro atoms. The van der Waals surface area contributed by atoms with E-state index in [2.05, 4.69) is 10.6 Å². The molecule has 0 aliphatic heterocycles. The largest absolute Gasteiger partial charge is 0.467 e. The number of fused-ring (bicyclic) bond motifs is 1. The van der Waals surface area contributed by atoms with Gasteiger partial charge in [-0.1, -0.05) is 48.5 Å². The van der Waals surface area contributed by atoms with Crippen molar-refractivity contribution in [2.75, 3.05) is 10.6 Å². The first-order valence-electron chi connectivity index (χ1n) is 9.97. The summed E-state index contributed by atoms with van der Waals surface area (Å²) >= 11 is 0. The molecule has 4 aromatic rings. The van der Waals surface area contributed by atoms with Crippen molar-refractivity contribution in [3.05, 3.63) is 96.4 Å². The van der Waals surface area contributed by atoms with Gasteiger partial charge in [0, 0.05) is 16.8 Å². The normalized spacial score (nSPS) is 11.6. The number of carbonyl (C=O) groups excluding carboxylic acids is 2. The fourth-order valence-corrected chi connectivity index (χ4v) is 3.26. The van der Waals surface area contributed by atoms with Crippen LogP contribution >= 0.6 is 0 Å². The van der Waals surface area contributed by atoms with Crippen molar-refractivity contribution in [3.63, 3.8) is 0 Å². The van der Waals surface area contributed by atoms with Gasteiger partial charge in [0.25, 0.3) is 5.91 Å². The number of rotatable bonds is 7. The molecule has 0 aliphatic rings. The number of anilines is 2. The average molecular weight is 414 g/mol. The molecule has 0 unspecified atom stereocenters. The number of esters is 1. The van der Waals surface area contributed by atoms with Crippen LogP contribution in [0.15, 0.2) is 89.5 Å². The van der Waals surface area contributed by atoms with Crippen LogP contribution in [0.4, 0.5) is 11.4 Å². The Morgan fingerprint density at radius 2 is 1.65 bits per heavy atom. The van der Waals surface area contributed by atoms with E-state index in [9.17, 15) is 9.59 Å². The number of para-hydroxylation sites is 1. The third-order valence-corrected chi connectivity index (χ3v) is 4.88. The lowest BCUT2D eigenvalue weighted by Crippen LogP contribution is -2.30. The minimum absolute atomic E-state index is 0.346. The van der Waals surface area contributed by atoms with Crippen LogP contribution in [0.25, 0.3) is 10.8 Å².